The van der Waals surface area contributed by atoms with Gasteiger partial charge >= 0.3 is 0 Å². The van der Waals surface area contributed by atoms with Crippen molar-refractivity contribution in [2.24, 2.45) is 0 Å². The second-order valence-corrected chi connectivity index (χ2v) is 1.72. The van der Waals surface area contributed by atoms with E-state index in [0.717, 1.165) is 0 Å². The molecule has 0 amide bonds. The molecule has 0 aromatic rings. The molecule has 0 unspecified atom stereocenters. The molecule has 2 N–H and O–H groups in total. The van der Waals surface area contributed by atoms with Gasteiger partial charge in [0.1, 0.15) is 7.29 Å². The van der Waals surface area contributed by atoms with Crippen molar-refractivity contribution < 1.29 is 5.48 Å². The van der Waals surface area contributed by atoms with Crippen LogP contribution in [0.2, 0.25) is 0 Å². The smallest absolute Gasteiger partial charge is 0.141 e. The molecule has 0 saturated heterocycles. The minimum atomic E-state index is 0. The van der Waals surface area contributed by atoms with E-state index in [-0.39, 0.29) is 5.48 Å². The van der Waals surface area contributed by atoms with Crippen LogP contribution in [0, 0.1) is 0 Å². The molecule has 0 aliphatic rings. The molecule has 0 aromatic heterocycles. The summed E-state index contributed by atoms with van der Waals surface area (Å²) in [6.07, 6.45) is 0. The van der Waals surface area contributed by atoms with Gasteiger partial charge in [0.25, 0.3) is 0 Å². The lowest BCUT2D eigenvalue weighted by molar-refractivity contribution is 0.824. The lowest BCUT2D eigenvalue weighted by Crippen LogP contribution is -0.641. The Balaban J connectivity index is 0. The molecule has 0 rings (SSSR count). The Hall–Kier alpha value is 0.970. The molecule has 0 fully saturated rings. The van der Waals surface area contributed by atoms with Gasteiger partial charge in [-0.3, -0.25) is 0 Å². The topological polar surface area (TPSA) is 31.5 Å². The molecule has 0 bridgehead atoms. The van der Waals surface area contributed by atoms with Crippen LogP contribution < -0.4 is 0 Å². The fourth-order valence-corrected chi connectivity index (χ4v) is 0. The average Bonchev–Trinajstić information content (AvgIpc) is 0.918. The third kappa shape index (κ3) is 12.3. The normalized spacial score (nSPS) is 4.50. The molecule has 0 spiro atoms. The minimum Gasteiger partial charge on any atom is -0.412 e. The summed E-state index contributed by atoms with van der Waals surface area (Å²) < 4.78 is 0. The quantitative estimate of drug-likeness (QED) is 0.433. The fraction of sp³-hybridized carbons (Fsp3) is 0. The van der Waals surface area contributed by atoms with Crippen LogP contribution in [0.1, 0.15) is 0 Å². The van der Waals surface area contributed by atoms with Crippen LogP contribution in [-0.4, -0.2) is 5.48 Å². The van der Waals surface area contributed by atoms with E-state index in [1.54, 1.807) is 0 Å². The standard InChI is InChI=1S/Cl2P.H2O/c1-3-2;/h;1H2. The number of hydrogen-bond acceptors (Lipinski definition) is 0. The molecule has 0 saturated carbocycles. The predicted octanol–water partition coefficient (Wildman–Crippen LogP) is 1.42. The summed E-state index contributed by atoms with van der Waals surface area (Å²) in [5.41, 5.74) is 0. The van der Waals surface area contributed by atoms with Crippen molar-refractivity contribution in [1.29, 1.82) is 0 Å². The highest BCUT2D eigenvalue weighted by Crippen LogP contribution is 2.19. The van der Waals surface area contributed by atoms with E-state index < -0.39 is 0 Å². The van der Waals surface area contributed by atoms with Crippen molar-refractivity contribution in [1.82, 2.24) is 0 Å². The molecule has 0 aromatic carbocycles. The second-order valence-electron chi connectivity index (χ2n) is 0.0639. The van der Waals surface area contributed by atoms with Crippen LogP contribution in [0.5, 0.6) is 0 Å². The Kier molecular flexibility index (Phi) is 20.0. The molecule has 27 valence electrons. The SMILES string of the molecule is Cl[P]Cl.O. The van der Waals surface area contributed by atoms with E-state index in [1.807, 2.05) is 0 Å². The molecule has 4 heteroatoms. The molecule has 0 atom stereocenters. The molecule has 0 heterocycles. The van der Waals surface area contributed by atoms with Crippen LogP contribution in [-0.2, 0) is 0 Å². The van der Waals surface area contributed by atoms with Gasteiger partial charge < -0.3 is 5.48 Å². The van der Waals surface area contributed by atoms with Crippen molar-refractivity contribution in [3.8, 4) is 0 Å². The van der Waals surface area contributed by atoms with Crippen LogP contribution in [0.15, 0.2) is 0 Å². The zero-order valence-corrected chi connectivity index (χ0v) is 4.11. The van der Waals surface area contributed by atoms with E-state index in [0.29, 0.717) is 7.29 Å². The maximum absolute atomic E-state index is 4.74. The van der Waals surface area contributed by atoms with Gasteiger partial charge in [0, 0.05) is 0 Å². The highest BCUT2D eigenvalue weighted by molar-refractivity contribution is 7.90. The average molecular weight is 120 g/mol. The number of hydrogen-bond donors (Lipinski definition) is 0. The van der Waals surface area contributed by atoms with E-state index in [4.69, 9.17) is 22.5 Å². The predicted molar refractivity (Wildman–Crippen MR) is 22.2 cm³/mol. The van der Waals surface area contributed by atoms with Crippen molar-refractivity contribution in [3.05, 3.63) is 0 Å². The van der Waals surface area contributed by atoms with Gasteiger partial charge in [-0.2, -0.15) is 0 Å². The summed E-state index contributed by atoms with van der Waals surface area (Å²) in [6.45, 7) is 0. The van der Waals surface area contributed by atoms with Gasteiger partial charge in [-0.05, 0) is 0 Å². The third-order valence-electron chi connectivity index (χ3n) is 0. The van der Waals surface area contributed by atoms with E-state index in [2.05, 4.69) is 0 Å². The Labute approximate surface area is 36.0 Å². The zero-order valence-electron chi connectivity index (χ0n) is 1.70. The molecular formula is H2Cl2OP. The third-order valence-corrected chi connectivity index (χ3v) is 0. The van der Waals surface area contributed by atoms with Gasteiger partial charge in [0.15, 0.2) is 0 Å². The molecule has 0 aliphatic carbocycles. The van der Waals surface area contributed by atoms with E-state index in [9.17, 15) is 0 Å². The zero-order chi connectivity index (χ0) is 2.71. The van der Waals surface area contributed by atoms with Gasteiger partial charge in [-0.1, -0.05) is 22.5 Å². The van der Waals surface area contributed by atoms with Gasteiger partial charge in [-0.25, -0.2) is 0 Å². The Morgan fingerprint density at radius 3 is 1.25 bits per heavy atom. The van der Waals surface area contributed by atoms with Gasteiger partial charge in [-0.15, -0.1) is 0 Å². The van der Waals surface area contributed by atoms with Crippen molar-refractivity contribution in [2.45, 2.75) is 0 Å². The summed E-state index contributed by atoms with van der Waals surface area (Å²) >= 11 is 9.47. The van der Waals surface area contributed by atoms with E-state index in [1.165, 1.54) is 0 Å². The summed E-state index contributed by atoms with van der Waals surface area (Å²) in [5, 5.41) is 0. The number of rotatable bonds is 0. The summed E-state index contributed by atoms with van der Waals surface area (Å²) in [7, 11) is 0.361. The van der Waals surface area contributed by atoms with Crippen LogP contribution in [0.4, 0.5) is 0 Å². The summed E-state index contributed by atoms with van der Waals surface area (Å²) in [6, 6.07) is 0. The second kappa shape index (κ2) is 9.02. The first-order valence-electron chi connectivity index (χ1n) is 0.338. The lowest BCUT2D eigenvalue weighted by atomic mass is 16.0. The lowest BCUT2D eigenvalue weighted by Gasteiger charge is -1.38. The van der Waals surface area contributed by atoms with Gasteiger partial charge in [0.2, 0.25) is 0 Å². The maximum Gasteiger partial charge on any atom is 0.141 e. The molecule has 1 radical (unpaired) electrons. The summed E-state index contributed by atoms with van der Waals surface area (Å²) in [4.78, 5) is 0. The highest BCUT2D eigenvalue weighted by Gasteiger charge is 1.45. The fourth-order valence-electron chi connectivity index (χ4n) is 0. The first kappa shape index (κ1) is 8.88. The largest absolute Gasteiger partial charge is 0.412 e. The molecule has 0 aliphatic heterocycles. The van der Waals surface area contributed by atoms with E-state index >= 15 is 0 Å². The monoisotopic (exact) mass is 119 g/mol. The first-order valence-corrected chi connectivity index (χ1v) is 3.04. The van der Waals surface area contributed by atoms with Crippen molar-refractivity contribution >= 4 is 29.8 Å². The molecule has 1 nitrogen and oxygen atoms in total. The van der Waals surface area contributed by atoms with Crippen molar-refractivity contribution in [2.75, 3.05) is 0 Å². The van der Waals surface area contributed by atoms with Crippen LogP contribution >= 0.6 is 29.8 Å². The van der Waals surface area contributed by atoms with Gasteiger partial charge in [0.05, 0.1) is 0 Å². The Morgan fingerprint density at radius 1 is 1.25 bits per heavy atom. The summed E-state index contributed by atoms with van der Waals surface area (Å²) in [5.74, 6) is 0. The minimum absolute atomic E-state index is 0. The Morgan fingerprint density at radius 2 is 1.25 bits per heavy atom. The Bertz CT molecular complexity index is 6.00. The first-order chi connectivity index (χ1) is 1.41. The molecular weight excluding hydrogens is 118 g/mol. The van der Waals surface area contributed by atoms with Crippen molar-refractivity contribution in [3.63, 3.8) is 0 Å². The maximum atomic E-state index is 4.74. The highest BCUT2D eigenvalue weighted by atomic mass is 35.9. The van der Waals surface area contributed by atoms with Crippen LogP contribution in [0.25, 0.3) is 0 Å². The molecule has 4 heavy (non-hydrogen) atoms. The number of halogens is 2. The van der Waals surface area contributed by atoms with Crippen LogP contribution in [0.3, 0.4) is 0 Å².